The molecule has 2 atom stereocenters. The summed E-state index contributed by atoms with van der Waals surface area (Å²) in [6, 6.07) is 36.0. The van der Waals surface area contributed by atoms with Crippen molar-refractivity contribution in [3.05, 3.63) is 144 Å². The first-order valence-electron chi connectivity index (χ1n) is 13.7. The lowest BCUT2D eigenvalue weighted by Gasteiger charge is -2.23. The Morgan fingerprint density at radius 2 is 1.05 bits per heavy atom. The summed E-state index contributed by atoms with van der Waals surface area (Å²) in [5.74, 6) is -0.126. The third-order valence-corrected chi connectivity index (χ3v) is 7.43. The van der Waals surface area contributed by atoms with Gasteiger partial charge in [-0.2, -0.15) is 11.8 Å². The Balaban J connectivity index is 1.43. The number of benzene rings is 4. The number of carbonyl (C=O) groups is 3. The topological polar surface area (TPSA) is 93.7 Å². The Labute approximate surface area is 250 Å². The summed E-state index contributed by atoms with van der Waals surface area (Å²) in [5, 5.41) is 5.53. The third-order valence-electron chi connectivity index (χ3n) is 6.32. The Kier molecular flexibility index (Phi) is 12.0. The standard InChI is InChI=1S/C34H34N2O5S/c37-32(35-30(21-26-13-5-1-6-14-26)33(38)40-22-27-15-7-2-8-16-27)31(25-42-24-29-19-11-4-12-20-29)36-34(39)41-23-28-17-9-3-10-18-28/h1-20,30-31H,21-25H2,(H,35,37)(H,36,39). The lowest BCUT2D eigenvalue weighted by molar-refractivity contribution is -0.149. The number of rotatable bonds is 14. The highest BCUT2D eigenvalue weighted by molar-refractivity contribution is 7.98. The van der Waals surface area contributed by atoms with Crippen LogP contribution in [0, 0.1) is 0 Å². The first-order chi connectivity index (χ1) is 20.6. The minimum Gasteiger partial charge on any atom is -0.459 e. The van der Waals surface area contributed by atoms with Crippen LogP contribution >= 0.6 is 11.8 Å². The number of thioether (sulfide) groups is 1. The normalized spacial score (nSPS) is 12.0. The molecule has 0 spiro atoms. The molecule has 0 fully saturated rings. The third kappa shape index (κ3) is 10.4. The van der Waals surface area contributed by atoms with E-state index in [9.17, 15) is 14.4 Å². The van der Waals surface area contributed by atoms with Crippen LogP contribution in [0.15, 0.2) is 121 Å². The highest BCUT2D eigenvalue weighted by atomic mass is 32.2. The molecular weight excluding hydrogens is 548 g/mol. The summed E-state index contributed by atoms with van der Waals surface area (Å²) in [6.45, 7) is 0.155. The van der Waals surface area contributed by atoms with E-state index < -0.39 is 30.1 Å². The van der Waals surface area contributed by atoms with E-state index in [2.05, 4.69) is 10.6 Å². The van der Waals surface area contributed by atoms with Crippen LogP contribution in [0.4, 0.5) is 4.79 Å². The van der Waals surface area contributed by atoms with Crippen LogP contribution in [-0.2, 0) is 44.5 Å². The highest BCUT2D eigenvalue weighted by Crippen LogP contribution is 2.14. The number of hydrogen-bond donors (Lipinski definition) is 2. The monoisotopic (exact) mass is 582 g/mol. The van der Waals surface area contributed by atoms with Gasteiger partial charge in [0, 0.05) is 17.9 Å². The van der Waals surface area contributed by atoms with E-state index in [-0.39, 0.29) is 25.4 Å². The summed E-state index contributed by atoms with van der Waals surface area (Å²) in [6.07, 6.45) is -0.478. The van der Waals surface area contributed by atoms with Gasteiger partial charge < -0.3 is 20.1 Å². The minimum atomic E-state index is -0.952. The molecule has 0 radical (unpaired) electrons. The molecule has 7 nitrogen and oxygen atoms in total. The van der Waals surface area contributed by atoms with Gasteiger partial charge in [0.25, 0.3) is 0 Å². The van der Waals surface area contributed by atoms with Gasteiger partial charge >= 0.3 is 12.1 Å². The van der Waals surface area contributed by atoms with E-state index >= 15 is 0 Å². The van der Waals surface area contributed by atoms with Crippen LogP contribution < -0.4 is 10.6 Å². The second-order valence-electron chi connectivity index (χ2n) is 9.60. The smallest absolute Gasteiger partial charge is 0.408 e. The van der Waals surface area contributed by atoms with Crippen molar-refractivity contribution in [2.75, 3.05) is 5.75 Å². The van der Waals surface area contributed by atoms with Gasteiger partial charge in [-0.25, -0.2) is 9.59 Å². The molecule has 0 saturated heterocycles. The molecule has 4 rings (SSSR count). The van der Waals surface area contributed by atoms with Crippen molar-refractivity contribution in [1.82, 2.24) is 10.6 Å². The summed E-state index contributed by atoms with van der Waals surface area (Å²) in [5.41, 5.74) is 3.63. The van der Waals surface area contributed by atoms with Crippen molar-refractivity contribution in [1.29, 1.82) is 0 Å². The second kappa shape index (κ2) is 16.6. The fourth-order valence-electron chi connectivity index (χ4n) is 4.10. The van der Waals surface area contributed by atoms with E-state index in [0.29, 0.717) is 5.75 Å². The summed E-state index contributed by atoms with van der Waals surface area (Å²) >= 11 is 1.50. The Bertz CT molecular complexity index is 1390. The lowest BCUT2D eigenvalue weighted by Crippen LogP contribution is -2.53. The molecule has 0 aliphatic heterocycles. The Morgan fingerprint density at radius 3 is 1.60 bits per heavy atom. The van der Waals surface area contributed by atoms with Crippen molar-refractivity contribution in [3.8, 4) is 0 Å². The van der Waals surface area contributed by atoms with E-state index in [1.165, 1.54) is 11.8 Å². The molecule has 0 bridgehead atoms. The van der Waals surface area contributed by atoms with Gasteiger partial charge in [-0.05, 0) is 22.3 Å². The predicted molar refractivity (Wildman–Crippen MR) is 164 cm³/mol. The fourth-order valence-corrected chi connectivity index (χ4v) is 5.12. The van der Waals surface area contributed by atoms with Gasteiger partial charge in [0.05, 0.1) is 0 Å². The molecule has 8 heteroatoms. The number of ether oxygens (including phenoxy) is 2. The molecule has 4 aromatic carbocycles. The zero-order chi connectivity index (χ0) is 29.4. The molecule has 2 N–H and O–H groups in total. The molecule has 0 heterocycles. The van der Waals surface area contributed by atoms with Crippen molar-refractivity contribution in [3.63, 3.8) is 0 Å². The molecule has 216 valence electrons. The van der Waals surface area contributed by atoms with Crippen molar-refractivity contribution >= 4 is 29.7 Å². The maximum Gasteiger partial charge on any atom is 0.408 e. The van der Waals surface area contributed by atoms with Crippen LogP contribution in [0.2, 0.25) is 0 Å². The fraction of sp³-hybridized carbons (Fsp3) is 0.206. The summed E-state index contributed by atoms with van der Waals surface area (Å²) in [4.78, 5) is 39.5. The molecule has 2 amide bonds. The molecule has 0 aromatic heterocycles. The predicted octanol–water partition coefficient (Wildman–Crippen LogP) is 5.69. The zero-order valence-corrected chi connectivity index (χ0v) is 24.0. The number of carbonyl (C=O) groups excluding carboxylic acids is 3. The number of esters is 1. The number of nitrogens with one attached hydrogen (secondary N) is 2. The largest absolute Gasteiger partial charge is 0.459 e. The number of hydrogen-bond acceptors (Lipinski definition) is 6. The van der Waals surface area contributed by atoms with E-state index in [0.717, 1.165) is 22.3 Å². The number of alkyl carbamates (subject to hydrolysis) is 1. The molecule has 42 heavy (non-hydrogen) atoms. The van der Waals surface area contributed by atoms with E-state index in [1.54, 1.807) is 0 Å². The molecule has 2 unspecified atom stereocenters. The van der Waals surface area contributed by atoms with E-state index in [1.807, 2.05) is 121 Å². The molecule has 0 aliphatic carbocycles. The Morgan fingerprint density at radius 1 is 0.571 bits per heavy atom. The highest BCUT2D eigenvalue weighted by Gasteiger charge is 2.28. The first kappa shape index (κ1) is 30.4. The van der Waals surface area contributed by atoms with Crippen molar-refractivity contribution < 1.29 is 23.9 Å². The van der Waals surface area contributed by atoms with Gasteiger partial charge in [-0.3, -0.25) is 4.79 Å². The summed E-state index contributed by atoms with van der Waals surface area (Å²) < 4.78 is 11.0. The van der Waals surface area contributed by atoms with Crippen LogP contribution in [0.3, 0.4) is 0 Å². The second-order valence-corrected chi connectivity index (χ2v) is 10.6. The van der Waals surface area contributed by atoms with Gasteiger partial charge in [0.15, 0.2) is 0 Å². The minimum absolute atomic E-state index is 0.0701. The van der Waals surface area contributed by atoms with Gasteiger partial charge in [0.1, 0.15) is 25.3 Å². The van der Waals surface area contributed by atoms with Crippen LogP contribution in [0.1, 0.15) is 22.3 Å². The average molecular weight is 583 g/mol. The Hall–Kier alpha value is -4.56. The average Bonchev–Trinajstić information content (AvgIpc) is 3.04. The molecule has 0 aliphatic rings. The quantitative estimate of drug-likeness (QED) is 0.186. The zero-order valence-electron chi connectivity index (χ0n) is 23.2. The number of amides is 2. The summed E-state index contributed by atoms with van der Waals surface area (Å²) in [7, 11) is 0. The SMILES string of the molecule is O=C(NC(CSCc1ccccc1)C(=O)NC(Cc1ccccc1)C(=O)OCc1ccccc1)OCc1ccccc1. The van der Waals surface area contributed by atoms with Crippen molar-refractivity contribution in [2.45, 2.75) is 37.5 Å². The van der Waals surface area contributed by atoms with Gasteiger partial charge in [-0.1, -0.05) is 121 Å². The maximum atomic E-state index is 13.6. The van der Waals surface area contributed by atoms with Crippen molar-refractivity contribution in [2.24, 2.45) is 0 Å². The maximum absolute atomic E-state index is 13.6. The molecule has 0 saturated carbocycles. The van der Waals surface area contributed by atoms with Crippen LogP contribution in [-0.4, -0.2) is 35.8 Å². The molecular formula is C34H34N2O5S. The van der Waals surface area contributed by atoms with Crippen LogP contribution in [0.25, 0.3) is 0 Å². The first-order valence-corrected chi connectivity index (χ1v) is 14.9. The van der Waals surface area contributed by atoms with Crippen LogP contribution in [0.5, 0.6) is 0 Å². The lowest BCUT2D eigenvalue weighted by atomic mass is 10.1. The molecule has 4 aromatic rings. The van der Waals surface area contributed by atoms with Gasteiger partial charge in [-0.15, -0.1) is 0 Å². The van der Waals surface area contributed by atoms with Gasteiger partial charge in [0.2, 0.25) is 5.91 Å². The van der Waals surface area contributed by atoms with E-state index in [4.69, 9.17) is 9.47 Å².